The molecule has 0 aliphatic heterocycles. The molecule has 0 atom stereocenters. The molecule has 0 aromatic carbocycles. The highest BCUT2D eigenvalue weighted by Crippen LogP contribution is 2.21. The highest BCUT2D eigenvalue weighted by molar-refractivity contribution is 9.10. The third-order valence-corrected chi connectivity index (χ3v) is 3.48. The van der Waals surface area contributed by atoms with Gasteiger partial charge in [0.25, 0.3) is 5.91 Å². The highest BCUT2D eigenvalue weighted by atomic mass is 79.9. The fourth-order valence-corrected chi connectivity index (χ4v) is 2.29. The SMILES string of the molecule is N#CCCN(Cc1ccco1)C(=O)c1cc(Br)cnc1Cl. The van der Waals surface area contributed by atoms with Crippen molar-refractivity contribution in [1.82, 2.24) is 9.88 Å². The van der Waals surface area contributed by atoms with Crippen molar-refractivity contribution in [2.24, 2.45) is 0 Å². The number of hydrogen-bond donors (Lipinski definition) is 0. The predicted molar refractivity (Wildman–Crippen MR) is 80.6 cm³/mol. The van der Waals surface area contributed by atoms with Gasteiger partial charge in [0, 0.05) is 17.2 Å². The van der Waals surface area contributed by atoms with Crippen molar-refractivity contribution >= 4 is 33.4 Å². The summed E-state index contributed by atoms with van der Waals surface area (Å²) in [5, 5.41) is 8.86. The number of rotatable bonds is 5. The molecule has 0 saturated carbocycles. The molecule has 0 unspecified atom stereocenters. The lowest BCUT2D eigenvalue weighted by molar-refractivity contribution is 0.0735. The molecule has 0 saturated heterocycles. The van der Waals surface area contributed by atoms with E-state index in [4.69, 9.17) is 21.3 Å². The van der Waals surface area contributed by atoms with Gasteiger partial charge in [-0.1, -0.05) is 11.6 Å². The molecule has 21 heavy (non-hydrogen) atoms. The standard InChI is InChI=1S/C14H11BrClN3O2/c15-10-7-12(13(16)18-8-10)14(20)19(5-2-4-17)9-11-3-1-6-21-11/h1,3,6-8H,2,5,9H2. The Labute approximate surface area is 135 Å². The number of nitrogens with zero attached hydrogens (tertiary/aromatic N) is 3. The lowest BCUT2D eigenvalue weighted by atomic mass is 10.2. The summed E-state index contributed by atoms with van der Waals surface area (Å²) in [7, 11) is 0. The topological polar surface area (TPSA) is 70.1 Å². The molecule has 2 heterocycles. The maximum Gasteiger partial charge on any atom is 0.257 e. The number of carbonyl (C=O) groups is 1. The molecule has 0 radical (unpaired) electrons. The summed E-state index contributed by atoms with van der Waals surface area (Å²) in [4.78, 5) is 18.0. The Balaban J connectivity index is 2.24. The average molecular weight is 369 g/mol. The minimum atomic E-state index is -0.291. The molecule has 7 heteroatoms. The van der Waals surface area contributed by atoms with E-state index in [-0.39, 0.29) is 29.6 Å². The molecule has 0 aliphatic carbocycles. The molecule has 2 rings (SSSR count). The fraction of sp³-hybridized carbons (Fsp3) is 0.214. The van der Waals surface area contributed by atoms with Gasteiger partial charge in [-0.25, -0.2) is 4.98 Å². The van der Waals surface area contributed by atoms with Crippen LogP contribution in [0.2, 0.25) is 5.15 Å². The number of furan rings is 1. The van der Waals surface area contributed by atoms with E-state index < -0.39 is 0 Å². The summed E-state index contributed by atoms with van der Waals surface area (Å²) < 4.78 is 5.91. The summed E-state index contributed by atoms with van der Waals surface area (Å²) in [5.41, 5.74) is 0.288. The maximum absolute atomic E-state index is 12.6. The zero-order valence-electron chi connectivity index (χ0n) is 10.9. The largest absolute Gasteiger partial charge is 0.467 e. The van der Waals surface area contributed by atoms with Gasteiger partial charge >= 0.3 is 0 Å². The van der Waals surface area contributed by atoms with Crippen LogP contribution in [0.25, 0.3) is 0 Å². The second-order valence-electron chi connectivity index (χ2n) is 4.21. The Morgan fingerprint density at radius 2 is 2.38 bits per heavy atom. The Morgan fingerprint density at radius 3 is 3.05 bits per heavy atom. The predicted octanol–water partition coefficient (Wildman–Crippen LogP) is 3.65. The van der Waals surface area contributed by atoms with Crippen LogP contribution in [0.1, 0.15) is 22.5 Å². The summed E-state index contributed by atoms with van der Waals surface area (Å²) in [6.45, 7) is 0.565. The maximum atomic E-state index is 12.6. The van der Waals surface area contributed by atoms with E-state index in [9.17, 15) is 4.79 Å². The molecule has 5 nitrogen and oxygen atoms in total. The smallest absolute Gasteiger partial charge is 0.257 e. The van der Waals surface area contributed by atoms with Crippen molar-refractivity contribution in [3.8, 4) is 6.07 Å². The summed E-state index contributed by atoms with van der Waals surface area (Å²) in [6.07, 6.45) is 3.28. The highest BCUT2D eigenvalue weighted by Gasteiger charge is 2.20. The zero-order valence-corrected chi connectivity index (χ0v) is 13.3. The van der Waals surface area contributed by atoms with E-state index in [0.29, 0.717) is 16.8 Å². The van der Waals surface area contributed by atoms with E-state index >= 15 is 0 Å². The first-order chi connectivity index (χ1) is 10.1. The van der Waals surface area contributed by atoms with Gasteiger partial charge in [-0.15, -0.1) is 0 Å². The molecule has 1 amide bonds. The van der Waals surface area contributed by atoms with Crippen LogP contribution in [-0.4, -0.2) is 22.3 Å². The number of pyridine rings is 1. The van der Waals surface area contributed by atoms with E-state index in [1.165, 1.54) is 17.4 Å². The number of nitriles is 1. The Kier molecular flexibility index (Phi) is 5.37. The zero-order chi connectivity index (χ0) is 15.2. The molecular weight excluding hydrogens is 358 g/mol. The molecule has 0 N–H and O–H groups in total. The minimum absolute atomic E-state index is 0.129. The van der Waals surface area contributed by atoms with Crippen LogP contribution < -0.4 is 0 Å². The Hall–Kier alpha value is -1.84. The molecule has 0 fully saturated rings. The van der Waals surface area contributed by atoms with Crippen LogP contribution in [0.15, 0.2) is 39.5 Å². The molecule has 0 bridgehead atoms. The minimum Gasteiger partial charge on any atom is -0.467 e. The molecule has 108 valence electrons. The summed E-state index contributed by atoms with van der Waals surface area (Å²) in [5.74, 6) is 0.348. The van der Waals surface area contributed by atoms with Gasteiger partial charge in [-0.3, -0.25) is 4.79 Å². The van der Waals surface area contributed by atoms with Gasteiger partial charge in [0.15, 0.2) is 0 Å². The van der Waals surface area contributed by atoms with Crippen LogP contribution in [0.3, 0.4) is 0 Å². The van der Waals surface area contributed by atoms with Gasteiger partial charge in [0.2, 0.25) is 0 Å². The monoisotopic (exact) mass is 367 g/mol. The van der Waals surface area contributed by atoms with Gasteiger partial charge < -0.3 is 9.32 Å². The van der Waals surface area contributed by atoms with Crippen LogP contribution in [0.5, 0.6) is 0 Å². The van der Waals surface area contributed by atoms with Crippen molar-refractivity contribution in [2.75, 3.05) is 6.54 Å². The van der Waals surface area contributed by atoms with Crippen molar-refractivity contribution in [2.45, 2.75) is 13.0 Å². The van der Waals surface area contributed by atoms with Crippen molar-refractivity contribution in [3.05, 3.63) is 51.6 Å². The number of hydrogen-bond acceptors (Lipinski definition) is 4. The summed E-state index contributed by atoms with van der Waals surface area (Å²) in [6, 6.07) is 7.16. The van der Waals surface area contributed by atoms with Crippen LogP contribution >= 0.6 is 27.5 Å². The normalized spacial score (nSPS) is 10.1. The first-order valence-corrected chi connectivity index (χ1v) is 7.28. The van der Waals surface area contributed by atoms with E-state index in [0.717, 1.165) is 0 Å². The molecule has 2 aromatic rings. The molecule has 2 aromatic heterocycles. The Morgan fingerprint density at radius 1 is 1.57 bits per heavy atom. The second-order valence-corrected chi connectivity index (χ2v) is 5.48. The lowest BCUT2D eigenvalue weighted by Crippen LogP contribution is -2.31. The van der Waals surface area contributed by atoms with Crippen molar-refractivity contribution in [1.29, 1.82) is 5.26 Å². The van der Waals surface area contributed by atoms with E-state index in [2.05, 4.69) is 20.9 Å². The Bertz CT molecular complexity index is 667. The van der Waals surface area contributed by atoms with Crippen LogP contribution in [-0.2, 0) is 6.54 Å². The number of aromatic nitrogens is 1. The first kappa shape index (κ1) is 15.5. The van der Waals surface area contributed by atoms with Crippen LogP contribution in [0.4, 0.5) is 0 Å². The number of amides is 1. The fourth-order valence-electron chi connectivity index (χ4n) is 1.77. The van der Waals surface area contributed by atoms with Crippen molar-refractivity contribution in [3.63, 3.8) is 0 Å². The van der Waals surface area contributed by atoms with Gasteiger partial charge in [0.1, 0.15) is 10.9 Å². The quantitative estimate of drug-likeness (QED) is 0.755. The third-order valence-electron chi connectivity index (χ3n) is 2.74. The average Bonchev–Trinajstić information content (AvgIpc) is 2.98. The molecule has 0 aliphatic rings. The van der Waals surface area contributed by atoms with Gasteiger partial charge in [0.05, 0.1) is 30.9 Å². The molecule has 0 spiro atoms. The second kappa shape index (κ2) is 7.25. The summed E-state index contributed by atoms with van der Waals surface area (Å²) >= 11 is 9.25. The molecular formula is C14H11BrClN3O2. The van der Waals surface area contributed by atoms with Crippen LogP contribution in [0, 0.1) is 11.3 Å². The number of halogens is 2. The van der Waals surface area contributed by atoms with Gasteiger partial charge in [-0.05, 0) is 34.1 Å². The van der Waals surface area contributed by atoms with Gasteiger partial charge in [-0.2, -0.15) is 5.26 Å². The van der Waals surface area contributed by atoms with Crippen molar-refractivity contribution < 1.29 is 9.21 Å². The lowest BCUT2D eigenvalue weighted by Gasteiger charge is -2.21. The van der Waals surface area contributed by atoms with E-state index in [1.54, 1.807) is 18.2 Å². The first-order valence-electron chi connectivity index (χ1n) is 6.11. The van der Waals surface area contributed by atoms with E-state index in [1.807, 2.05) is 6.07 Å². The number of carbonyl (C=O) groups excluding carboxylic acids is 1. The third kappa shape index (κ3) is 4.06.